The molecule has 0 fully saturated rings. The Labute approximate surface area is 116 Å². The Morgan fingerprint density at radius 1 is 1.44 bits per heavy atom. The molecule has 0 unspecified atom stereocenters. The van der Waals surface area contributed by atoms with Crippen molar-refractivity contribution in [1.82, 2.24) is 20.2 Å². The normalized spacial score (nSPS) is 11.4. The second-order valence-corrected chi connectivity index (χ2v) is 6.68. The van der Waals surface area contributed by atoms with Gasteiger partial charge in [-0.15, -0.1) is 5.10 Å². The van der Waals surface area contributed by atoms with Crippen molar-refractivity contribution in [1.29, 1.82) is 0 Å². The van der Waals surface area contributed by atoms with Gasteiger partial charge in [-0.2, -0.15) is 0 Å². The van der Waals surface area contributed by atoms with E-state index in [1.54, 1.807) is 18.2 Å². The molecule has 0 aliphatic heterocycles. The van der Waals surface area contributed by atoms with Crippen molar-refractivity contribution in [3.05, 3.63) is 29.5 Å². The van der Waals surface area contributed by atoms with Crippen molar-refractivity contribution in [3.63, 3.8) is 0 Å². The molecule has 1 aromatic carbocycles. The number of halogens is 2. The van der Waals surface area contributed by atoms with Gasteiger partial charge in [-0.1, -0.05) is 27.5 Å². The number of benzene rings is 1. The van der Waals surface area contributed by atoms with E-state index in [-0.39, 0.29) is 15.4 Å². The van der Waals surface area contributed by atoms with Crippen LogP contribution in [-0.2, 0) is 10.0 Å². The summed E-state index contributed by atoms with van der Waals surface area (Å²) < 4.78 is 26.4. The zero-order valence-electron chi connectivity index (χ0n) is 8.79. The van der Waals surface area contributed by atoms with Crippen LogP contribution in [0, 0.1) is 0 Å². The van der Waals surface area contributed by atoms with Crippen molar-refractivity contribution in [2.45, 2.75) is 0 Å². The summed E-state index contributed by atoms with van der Waals surface area (Å²) in [6, 6.07) is 4.77. The third kappa shape index (κ3) is 2.98. The number of alkyl halides is 1. The predicted molar refractivity (Wildman–Crippen MR) is 70.5 cm³/mol. The van der Waals surface area contributed by atoms with E-state index in [1.807, 2.05) is 0 Å². The van der Waals surface area contributed by atoms with Crippen LogP contribution in [0.1, 0.15) is 0 Å². The molecule has 0 bridgehead atoms. The summed E-state index contributed by atoms with van der Waals surface area (Å²) >= 11 is 8.80. The first kappa shape index (κ1) is 13.2. The lowest BCUT2D eigenvalue weighted by Crippen LogP contribution is -2.13. The van der Waals surface area contributed by atoms with Crippen LogP contribution in [0.15, 0.2) is 24.5 Å². The SMILES string of the molecule is O=S(=O)(CBr)Nc1cc(-n2cnnn2)ccc1Cl. The topological polar surface area (TPSA) is 89.8 Å². The highest BCUT2D eigenvalue weighted by molar-refractivity contribution is 9.10. The molecule has 18 heavy (non-hydrogen) atoms. The van der Waals surface area contributed by atoms with Crippen LogP contribution in [0.5, 0.6) is 0 Å². The van der Waals surface area contributed by atoms with Gasteiger partial charge < -0.3 is 0 Å². The highest BCUT2D eigenvalue weighted by Crippen LogP contribution is 2.25. The summed E-state index contributed by atoms with van der Waals surface area (Å²) in [4.78, 5) is 0. The average molecular weight is 353 g/mol. The summed E-state index contributed by atoms with van der Waals surface area (Å²) in [6.07, 6.45) is 1.39. The molecule has 1 aromatic heterocycles. The van der Waals surface area contributed by atoms with E-state index in [2.05, 4.69) is 36.2 Å². The highest BCUT2D eigenvalue weighted by atomic mass is 79.9. The monoisotopic (exact) mass is 351 g/mol. The third-order valence-electron chi connectivity index (χ3n) is 1.97. The van der Waals surface area contributed by atoms with E-state index >= 15 is 0 Å². The molecule has 0 atom stereocenters. The molecule has 10 heteroatoms. The van der Waals surface area contributed by atoms with E-state index in [4.69, 9.17) is 11.6 Å². The van der Waals surface area contributed by atoms with E-state index < -0.39 is 10.0 Å². The fourth-order valence-electron chi connectivity index (χ4n) is 1.21. The third-order valence-corrected chi connectivity index (χ3v) is 4.93. The summed E-state index contributed by atoms with van der Waals surface area (Å²) in [6.45, 7) is 0. The van der Waals surface area contributed by atoms with Crippen LogP contribution < -0.4 is 4.72 Å². The summed E-state index contributed by atoms with van der Waals surface area (Å²) in [5.74, 6) is 0. The summed E-state index contributed by atoms with van der Waals surface area (Å²) in [5, 5.41) is 11.0. The number of nitrogens with one attached hydrogen (secondary N) is 1. The Bertz CT molecular complexity index is 646. The van der Waals surface area contributed by atoms with Gasteiger partial charge in [-0.25, -0.2) is 13.1 Å². The number of rotatable bonds is 4. The number of sulfonamides is 1. The number of nitrogens with zero attached hydrogens (tertiary/aromatic N) is 4. The minimum atomic E-state index is -3.46. The smallest absolute Gasteiger partial charge is 0.242 e. The molecular weight excluding hydrogens is 346 g/mol. The predicted octanol–water partition coefficient (Wildman–Crippen LogP) is 1.41. The molecule has 7 nitrogen and oxygen atoms in total. The Kier molecular flexibility index (Phi) is 3.83. The standard InChI is InChI=1S/C8H7BrClN5O2S/c9-4-18(16,17)12-8-3-6(1-2-7(8)10)15-5-11-13-14-15/h1-3,5,12H,4H2. The molecule has 96 valence electrons. The molecule has 1 heterocycles. The lowest BCUT2D eigenvalue weighted by atomic mass is 10.3. The number of tetrazole rings is 1. The van der Waals surface area contributed by atoms with Crippen LogP contribution in [0.2, 0.25) is 5.02 Å². The van der Waals surface area contributed by atoms with Gasteiger partial charge in [0.1, 0.15) is 11.0 Å². The van der Waals surface area contributed by atoms with Crippen LogP contribution in [0.25, 0.3) is 5.69 Å². The van der Waals surface area contributed by atoms with Gasteiger partial charge in [-0.3, -0.25) is 4.72 Å². The Hall–Kier alpha value is -1.19. The van der Waals surface area contributed by atoms with Crippen LogP contribution in [-0.4, -0.2) is 33.3 Å². The maximum absolute atomic E-state index is 11.5. The number of aromatic nitrogens is 4. The second kappa shape index (κ2) is 5.21. The molecular formula is C8H7BrClN5O2S. The largest absolute Gasteiger partial charge is 0.281 e. The van der Waals surface area contributed by atoms with Gasteiger partial charge in [-0.05, 0) is 28.6 Å². The highest BCUT2D eigenvalue weighted by Gasteiger charge is 2.12. The van der Waals surface area contributed by atoms with Crippen LogP contribution >= 0.6 is 27.5 Å². The first-order valence-corrected chi connectivity index (χ1v) is 7.76. The number of anilines is 1. The van der Waals surface area contributed by atoms with E-state index in [0.717, 1.165) is 0 Å². The summed E-state index contributed by atoms with van der Waals surface area (Å²) in [5.41, 5.74) is 0.862. The van der Waals surface area contributed by atoms with Crippen molar-refractivity contribution in [3.8, 4) is 5.69 Å². The first-order valence-electron chi connectivity index (χ1n) is 4.61. The summed E-state index contributed by atoms with van der Waals surface area (Å²) in [7, 11) is -3.46. The average Bonchev–Trinajstić information content (AvgIpc) is 2.85. The fraction of sp³-hybridized carbons (Fsp3) is 0.125. The molecule has 2 aromatic rings. The Morgan fingerprint density at radius 3 is 2.83 bits per heavy atom. The zero-order valence-corrected chi connectivity index (χ0v) is 11.9. The molecule has 0 spiro atoms. The molecule has 0 aliphatic rings. The lowest BCUT2D eigenvalue weighted by Gasteiger charge is -2.09. The van der Waals surface area contributed by atoms with Crippen LogP contribution in [0.3, 0.4) is 0 Å². The number of hydrogen-bond donors (Lipinski definition) is 1. The molecule has 0 saturated heterocycles. The van der Waals surface area contributed by atoms with Gasteiger partial charge in [0.25, 0.3) is 0 Å². The first-order chi connectivity index (χ1) is 8.52. The van der Waals surface area contributed by atoms with E-state index in [9.17, 15) is 8.42 Å². The van der Waals surface area contributed by atoms with Gasteiger partial charge in [0.05, 0.1) is 16.4 Å². The van der Waals surface area contributed by atoms with Gasteiger partial charge in [0.15, 0.2) is 0 Å². The zero-order chi connectivity index (χ0) is 13.2. The van der Waals surface area contributed by atoms with E-state index in [1.165, 1.54) is 11.0 Å². The van der Waals surface area contributed by atoms with Gasteiger partial charge in [0.2, 0.25) is 10.0 Å². The lowest BCUT2D eigenvalue weighted by molar-refractivity contribution is 0.606. The second-order valence-electron chi connectivity index (χ2n) is 3.24. The van der Waals surface area contributed by atoms with Gasteiger partial charge in [0, 0.05) is 0 Å². The van der Waals surface area contributed by atoms with Crippen molar-refractivity contribution < 1.29 is 8.42 Å². The van der Waals surface area contributed by atoms with Crippen LogP contribution in [0.4, 0.5) is 5.69 Å². The minimum Gasteiger partial charge on any atom is -0.281 e. The molecule has 0 aliphatic carbocycles. The van der Waals surface area contributed by atoms with Crippen molar-refractivity contribution >= 4 is 43.2 Å². The molecule has 1 N–H and O–H groups in total. The quantitative estimate of drug-likeness (QED) is 0.840. The van der Waals surface area contributed by atoms with Crippen molar-refractivity contribution in [2.75, 3.05) is 9.38 Å². The van der Waals surface area contributed by atoms with Gasteiger partial charge >= 0.3 is 0 Å². The molecule has 2 rings (SSSR count). The molecule has 0 amide bonds. The Balaban J connectivity index is 2.39. The minimum absolute atomic E-state index is 0.217. The number of hydrogen-bond acceptors (Lipinski definition) is 5. The van der Waals surface area contributed by atoms with Crippen molar-refractivity contribution in [2.24, 2.45) is 0 Å². The molecule has 0 saturated carbocycles. The molecule has 0 radical (unpaired) electrons. The maximum Gasteiger partial charge on any atom is 0.242 e. The fourth-order valence-corrected chi connectivity index (χ4v) is 2.33. The maximum atomic E-state index is 11.5. The Morgan fingerprint density at radius 2 is 2.22 bits per heavy atom. The van der Waals surface area contributed by atoms with E-state index in [0.29, 0.717) is 5.69 Å².